The molecule has 0 spiro atoms. The van der Waals surface area contributed by atoms with Crippen LogP contribution in [0.2, 0.25) is 0 Å². The molecule has 2 aromatic carbocycles. The first-order valence-corrected chi connectivity index (χ1v) is 7.06. The molecule has 3 rings (SSSR count). The number of halogens is 1. The lowest BCUT2D eigenvalue weighted by Crippen LogP contribution is -2.11. The van der Waals surface area contributed by atoms with E-state index < -0.39 is 17.6 Å². The summed E-state index contributed by atoms with van der Waals surface area (Å²) in [6.07, 6.45) is 0. The first kappa shape index (κ1) is 15.7. The Morgan fingerprint density at radius 1 is 1.21 bits per heavy atom. The molecule has 0 saturated carbocycles. The zero-order chi connectivity index (χ0) is 17.3. The molecule has 0 radical (unpaired) electrons. The van der Waals surface area contributed by atoms with Crippen LogP contribution >= 0.6 is 0 Å². The van der Waals surface area contributed by atoms with E-state index >= 15 is 0 Å². The van der Waals surface area contributed by atoms with E-state index in [1.165, 1.54) is 36.1 Å². The summed E-state index contributed by atoms with van der Waals surface area (Å²) in [5.41, 5.74) is 0.858. The van der Waals surface area contributed by atoms with Gasteiger partial charge in [-0.05, 0) is 36.4 Å². The molecule has 0 amide bonds. The van der Waals surface area contributed by atoms with Crippen molar-refractivity contribution in [2.75, 3.05) is 7.11 Å². The number of carbonyl (C=O) groups excluding carboxylic acids is 1. The number of fused-ring (bicyclic) bond motifs is 1. The van der Waals surface area contributed by atoms with E-state index in [2.05, 4.69) is 5.10 Å². The summed E-state index contributed by atoms with van der Waals surface area (Å²) in [4.78, 5) is 23.7. The number of hydrogen-bond acceptors (Lipinski definition) is 4. The molecule has 0 aliphatic carbocycles. The number of rotatable bonds is 5. The predicted octanol–water partition coefficient (Wildman–Crippen LogP) is 2.50. The number of carboxylic acid groups (broad SMARTS) is 1. The second kappa shape index (κ2) is 6.11. The molecule has 1 aromatic heterocycles. The molecular formula is C17H13FN2O4. The van der Waals surface area contributed by atoms with Gasteiger partial charge in [0.1, 0.15) is 23.8 Å². The van der Waals surface area contributed by atoms with Crippen LogP contribution in [-0.4, -0.2) is 33.7 Å². The summed E-state index contributed by atoms with van der Waals surface area (Å²) in [6, 6.07) is 10.0. The van der Waals surface area contributed by atoms with Gasteiger partial charge in [0.2, 0.25) is 5.78 Å². The lowest BCUT2D eigenvalue weighted by atomic mass is 10.1. The molecule has 7 heteroatoms. The summed E-state index contributed by atoms with van der Waals surface area (Å²) in [7, 11) is 1.49. The van der Waals surface area contributed by atoms with Gasteiger partial charge in [0, 0.05) is 17.0 Å². The Hall–Kier alpha value is -3.22. The van der Waals surface area contributed by atoms with Crippen molar-refractivity contribution in [1.29, 1.82) is 0 Å². The minimum absolute atomic E-state index is 0.112. The molecule has 3 aromatic rings. The van der Waals surface area contributed by atoms with Gasteiger partial charge in [-0.3, -0.25) is 14.3 Å². The first-order chi connectivity index (χ1) is 11.5. The van der Waals surface area contributed by atoms with Crippen LogP contribution < -0.4 is 4.74 Å². The van der Waals surface area contributed by atoms with E-state index in [0.29, 0.717) is 16.7 Å². The fourth-order valence-electron chi connectivity index (χ4n) is 2.44. The maximum Gasteiger partial charge on any atom is 0.325 e. The maximum absolute atomic E-state index is 13.0. The normalized spacial score (nSPS) is 10.8. The molecule has 0 unspecified atom stereocenters. The SMILES string of the molecule is COc1ccc2c(C(=O)c3ccc(F)cc3)nn(CC(=O)O)c2c1. The Balaban J connectivity index is 2.15. The van der Waals surface area contributed by atoms with Gasteiger partial charge in [-0.15, -0.1) is 0 Å². The largest absolute Gasteiger partial charge is 0.497 e. The Bertz CT molecular complexity index is 932. The maximum atomic E-state index is 13.0. The van der Waals surface area contributed by atoms with Crippen LogP contribution in [0, 0.1) is 5.82 Å². The van der Waals surface area contributed by atoms with Crippen molar-refractivity contribution in [2.45, 2.75) is 6.54 Å². The van der Waals surface area contributed by atoms with E-state index in [4.69, 9.17) is 9.84 Å². The Morgan fingerprint density at radius 3 is 2.54 bits per heavy atom. The number of carbonyl (C=O) groups is 2. The second-order valence-electron chi connectivity index (χ2n) is 5.12. The molecule has 24 heavy (non-hydrogen) atoms. The van der Waals surface area contributed by atoms with Crippen LogP contribution in [0.3, 0.4) is 0 Å². The fraction of sp³-hybridized carbons (Fsp3) is 0.118. The zero-order valence-corrected chi connectivity index (χ0v) is 12.7. The number of ether oxygens (including phenoxy) is 1. The number of methoxy groups -OCH3 is 1. The number of nitrogens with zero attached hydrogens (tertiary/aromatic N) is 2. The van der Waals surface area contributed by atoms with Crippen LogP contribution in [0.25, 0.3) is 10.9 Å². The molecular weight excluding hydrogens is 315 g/mol. The van der Waals surface area contributed by atoms with Gasteiger partial charge in [-0.2, -0.15) is 5.10 Å². The van der Waals surface area contributed by atoms with Gasteiger partial charge < -0.3 is 9.84 Å². The summed E-state index contributed by atoms with van der Waals surface area (Å²) in [6.45, 7) is -0.389. The van der Waals surface area contributed by atoms with Gasteiger partial charge in [-0.1, -0.05) is 0 Å². The van der Waals surface area contributed by atoms with E-state index in [1.54, 1.807) is 18.2 Å². The molecule has 0 fully saturated rings. The van der Waals surface area contributed by atoms with Crippen LogP contribution in [0.5, 0.6) is 5.75 Å². The molecule has 1 N–H and O–H groups in total. The van der Waals surface area contributed by atoms with Crippen LogP contribution in [-0.2, 0) is 11.3 Å². The van der Waals surface area contributed by atoms with Gasteiger partial charge in [-0.25, -0.2) is 4.39 Å². The van der Waals surface area contributed by atoms with Crippen molar-refractivity contribution in [2.24, 2.45) is 0 Å². The van der Waals surface area contributed by atoms with E-state index in [9.17, 15) is 14.0 Å². The second-order valence-corrected chi connectivity index (χ2v) is 5.12. The minimum atomic E-state index is -1.08. The molecule has 0 aliphatic heterocycles. The quantitative estimate of drug-likeness (QED) is 0.728. The molecule has 0 atom stereocenters. The molecule has 0 saturated heterocycles. The highest BCUT2D eigenvalue weighted by Gasteiger charge is 2.20. The first-order valence-electron chi connectivity index (χ1n) is 7.06. The number of aromatic nitrogens is 2. The molecule has 122 valence electrons. The summed E-state index contributed by atoms with van der Waals surface area (Å²) in [5, 5.41) is 13.7. The van der Waals surface area contributed by atoms with Crippen LogP contribution in [0.4, 0.5) is 4.39 Å². The van der Waals surface area contributed by atoms with Crippen molar-refractivity contribution in [3.63, 3.8) is 0 Å². The lowest BCUT2D eigenvalue weighted by Gasteiger charge is -2.02. The summed E-state index contributed by atoms with van der Waals surface area (Å²) in [5.74, 6) is -1.41. The van der Waals surface area contributed by atoms with Gasteiger partial charge >= 0.3 is 5.97 Å². The van der Waals surface area contributed by atoms with Crippen LogP contribution in [0.1, 0.15) is 16.1 Å². The number of carboxylic acids is 1. The predicted molar refractivity (Wildman–Crippen MR) is 83.8 cm³/mol. The third-order valence-corrected chi connectivity index (χ3v) is 3.57. The third kappa shape index (κ3) is 2.83. The van der Waals surface area contributed by atoms with Crippen molar-refractivity contribution in [3.8, 4) is 5.75 Å². The monoisotopic (exact) mass is 328 g/mol. The van der Waals surface area contributed by atoms with Crippen LogP contribution in [0.15, 0.2) is 42.5 Å². The highest BCUT2D eigenvalue weighted by molar-refractivity contribution is 6.15. The van der Waals surface area contributed by atoms with Gasteiger partial charge in [0.15, 0.2) is 0 Å². The van der Waals surface area contributed by atoms with Crippen molar-refractivity contribution < 1.29 is 23.8 Å². The molecule has 0 bridgehead atoms. The average Bonchev–Trinajstić information content (AvgIpc) is 2.92. The van der Waals surface area contributed by atoms with E-state index in [-0.39, 0.29) is 17.8 Å². The third-order valence-electron chi connectivity index (χ3n) is 3.57. The van der Waals surface area contributed by atoms with Gasteiger partial charge in [0.05, 0.1) is 12.6 Å². The van der Waals surface area contributed by atoms with Gasteiger partial charge in [0.25, 0.3) is 0 Å². The Labute approximate surface area is 136 Å². The van der Waals surface area contributed by atoms with Crippen molar-refractivity contribution in [3.05, 3.63) is 59.5 Å². The Morgan fingerprint density at radius 2 is 1.92 bits per heavy atom. The standard InChI is InChI=1S/C17H13FN2O4/c1-24-12-6-7-13-14(8-12)20(9-15(21)22)19-16(13)17(23)10-2-4-11(18)5-3-10/h2-8H,9H2,1H3,(H,21,22). The van der Waals surface area contributed by atoms with E-state index in [0.717, 1.165) is 0 Å². The molecule has 0 aliphatic rings. The fourth-order valence-corrected chi connectivity index (χ4v) is 2.44. The highest BCUT2D eigenvalue weighted by Crippen LogP contribution is 2.25. The molecule has 1 heterocycles. The lowest BCUT2D eigenvalue weighted by molar-refractivity contribution is -0.137. The average molecular weight is 328 g/mol. The summed E-state index contributed by atoms with van der Waals surface area (Å²) >= 11 is 0. The zero-order valence-electron chi connectivity index (χ0n) is 12.7. The van der Waals surface area contributed by atoms with E-state index in [1.807, 2.05) is 0 Å². The minimum Gasteiger partial charge on any atom is -0.497 e. The number of aliphatic carboxylic acids is 1. The molecule has 6 nitrogen and oxygen atoms in total. The number of hydrogen-bond donors (Lipinski definition) is 1. The number of ketones is 1. The number of benzene rings is 2. The topological polar surface area (TPSA) is 81.4 Å². The Kier molecular flexibility index (Phi) is 3.99. The summed E-state index contributed by atoms with van der Waals surface area (Å²) < 4.78 is 19.4. The van der Waals surface area contributed by atoms with Crippen molar-refractivity contribution >= 4 is 22.7 Å². The smallest absolute Gasteiger partial charge is 0.325 e. The van der Waals surface area contributed by atoms with Crippen molar-refractivity contribution in [1.82, 2.24) is 9.78 Å². The highest BCUT2D eigenvalue weighted by atomic mass is 19.1.